The maximum Gasteiger partial charge on any atom is 0.142 e. The summed E-state index contributed by atoms with van der Waals surface area (Å²) < 4.78 is 7.52. The number of hydrogen-bond acceptors (Lipinski definition) is 3. The van der Waals surface area contributed by atoms with E-state index in [0.29, 0.717) is 12.4 Å². The van der Waals surface area contributed by atoms with Crippen LogP contribution < -0.4 is 4.74 Å². The molecule has 0 radical (unpaired) electrons. The minimum atomic E-state index is -0.722. The molecule has 1 aromatic heterocycles. The van der Waals surface area contributed by atoms with Gasteiger partial charge in [-0.25, -0.2) is 4.98 Å². The van der Waals surface area contributed by atoms with E-state index in [2.05, 4.69) is 11.9 Å². The minimum Gasteiger partial charge on any atom is -0.494 e. The van der Waals surface area contributed by atoms with Crippen LogP contribution in [0.4, 0.5) is 0 Å². The molecule has 1 atom stereocenters. The van der Waals surface area contributed by atoms with Crippen LogP contribution in [-0.4, -0.2) is 21.3 Å². The molecule has 0 amide bonds. The van der Waals surface area contributed by atoms with Crippen molar-refractivity contribution in [3.05, 3.63) is 48.0 Å². The summed E-state index contributed by atoms with van der Waals surface area (Å²) in [7, 11) is 0. The Bertz CT molecular complexity index is 522. The lowest BCUT2D eigenvalue weighted by Crippen LogP contribution is -2.09. The summed E-state index contributed by atoms with van der Waals surface area (Å²) in [6, 6.07) is 7.55. The molecule has 0 bridgehead atoms. The van der Waals surface area contributed by atoms with Crippen molar-refractivity contribution in [3.8, 4) is 5.75 Å². The summed E-state index contributed by atoms with van der Waals surface area (Å²) in [5.74, 6) is 1.45. The Morgan fingerprint density at radius 1 is 1.37 bits per heavy atom. The fourth-order valence-electron chi connectivity index (χ4n) is 1.98. The fourth-order valence-corrected chi connectivity index (χ4v) is 1.98. The Morgan fingerprint density at radius 2 is 2.21 bits per heavy atom. The average molecular weight is 260 g/mol. The molecule has 1 heterocycles. The molecule has 1 unspecified atom stereocenters. The van der Waals surface area contributed by atoms with Gasteiger partial charge in [-0.3, -0.25) is 0 Å². The van der Waals surface area contributed by atoms with Crippen molar-refractivity contribution in [2.24, 2.45) is 0 Å². The number of nitrogens with zero attached hydrogens (tertiary/aromatic N) is 2. The summed E-state index contributed by atoms with van der Waals surface area (Å²) in [6.45, 7) is 5.57. The first-order chi connectivity index (χ1) is 9.26. The van der Waals surface area contributed by atoms with Gasteiger partial charge >= 0.3 is 0 Å². The molecular formula is C15H20N2O2. The van der Waals surface area contributed by atoms with Crippen molar-refractivity contribution in [2.45, 2.75) is 32.9 Å². The lowest BCUT2D eigenvalue weighted by molar-refractivity contribution is 0.204. The van der Waals surface area contributed by atoms with Crippen molar-refractivity contribution in [2.75, 3.05) is 6.61 Å². The first kappa shape index (κ1) is 13.6. The Kier molecular flexibility index (Phi) is 4.58. The Labute approximate surface area is 113 Å². The number of hydrogen-bond donors (Lipinski definition) is 1. The topological polar surface area (TPSA) is 47.3 Å². The number of imidazole rings is 1. The number of aryl methyl sites for hydroxylation is 1. The Hall–Kier alpha value is -1.81. The van der Waals surface area contributed by atoms with Gasteiger partial charge in [-0.05, 0) is 31.0 Å². The number of aromatic nitrogens is 2. The van der Waals surface area contributed by atoms with E-state index >= 15 is 0 Å². The summed E-state index contributed by atoms with van der Waals surface area (Å²) in [6.07, 6.45) is 3.82. The second-order valence-electron chi connectivity index (χ2n) is 4.39. The van der Waals surface area contributed by atoms with E-state index < -0.39 is 6.10 Å². The molecule has 0 aliphatic rings. The lowest BCUT2D eigenvalue weighted by atomic mass is 10.1. The normalized spacial score (nSPS) is 12.4. The van der Waals surface area contributed by atoms with Gasteiger partial charge in [0, 0.05) is 18.9 Å². The summed E-state index contributed by atoms with van der Waals surface area (Å²) >= 11 is 0. The lowest BCUT2D eigenvalue weighted by Gasteiger charge is -2.13. The molecule has 0 fully saturated rings. The van der Waals surface area contributed by atoms with Gasteiger partial charge in [0.1, 0.15) is 17.7 Å². The second kappa shape index (κ2) is 6.38. The molecule has 2 rings (SSSR count). The van der Waals surface area contributed by atoms with Crippen LogP contribution in [0.1, 0.15) is 37.8 Å². The highest BCUT2D eigenvalue weighted by Gasteiger charge is 2.16. The fraction of sp³-hybridized carbons (Fsp3) is 0.400. The third kappa shape index (κ3) is 3.15. The van der Waals surface area contributed by atoms with Crippen molar-refractivity contribution < 1.29 is 9.84 Å². The molecule has 19 heavy (non-hydrogen) atoms. The quantitative estimate of drug-likeness (QED) is 0.868. The standard InChI is InChI=1S/C15H20N2O2/c1-3-10-19-13-7-5-6-12(11-13)14(18)15-16-8-9-17(15)4-2/h5-9,11,14,18H,3-4,10H2,1-2H3. The van der Waals surface area contributed by atoms with E-state index in [1.807, 2.05) is 42.0 Å². The van der Waals surface area contributed by atoms with Crippen LogP contribution in [0.15, 0.2) is 36.7 Å². The van der Waals surface area contributed by atoms with Crippen molar-refractivity contribution in [1.29, 1.82) is 0 Å². The number of aliphatic hydroxyl groups excluding tert-OH is 1. The van der Waals surface area contributed by atoms with E-state index in [-0.39, 0.29) is 0 Å². The van der Waals surface area contributed by atoms with Crippen LogP contribution in [0.5, 0.6) is 5.75 Å². The second-order valence-corrected chi connectivity index (χ2v) is 4.39. The molecule has 0 aliphatic heterocycles. The number of aliphatic hydroxyl groups is 1. The molecular weight excluding hydrogens is 240 g/mol. The van der Waals surface area contributed by atoms with E-state index in [1.54, 1.807) is 6.20 Å². The monoisotopic (exact) mass is 260 g/mol. The maximum absolute atomic E-state index is 10.4. The zero-order valence-corrected chi connectivity index (χ0v) is 11.4. The molecule has 1 N–H and O–H groups in total. The highest BCUT2D eigenvalue weighted by atomic mass is 16.5. The molecule has 0 aliphatic carbocycles. The average Bonchev–Trinajstić information content (AvgIpc) is 2.93. The van der Waals surface area contributed by atoms with E-state index in [1.165, 1.54) is 0 Å². The third-order valence-corrected chi connectivity index (χ3v) is 2.98. The number of benzene rings is 1. The van der Waals surface area contributed by atoms with Crippen LogP contribution in [-0.2, 0) is 6.54 Å². The van der Waals surface area contributed by atoms with E-state index in [9.17, 15) is 5.11 Å². The zero-order chi connectivity index (χ0) is 13.7. The van der Waals surface area contributed by atoms with Crippen molar-refractivity contribution in [3.63, 3.8) is 0 Å². The first-order valence-corrected chi connectivity index (χ1v) is 6.68. The van der Waals surface area contributed by atoms with Gasteiger partial charge in [-0.2, -0.15) is 0 Å². The molecule has 2 aromatic rings. The molecule has 1 aromatic carbocycles. The molecule has 102 valence electrons. The van der Waals surface area contributed by atoms with Crippen molar-refractivity contribution in [1.82, 2.24) is 9.55 Å². The predicted octanol–water partition coefficient (Wildman–Crippen LogP) is 2.77. The van der Waals surface area contributed by atoms with Gasteiger partial charge in [-0.1, -0.05) is 19.1 Å². The Morgan fingerprint density at radius 3 is 2.95 bits per heavy atom. The van der Waals surface area contributed by atoms with Gasteiger partial charge in [0.2, 0.25) is 0 Å². The Balaban J connectivity index is 2.21. The third-order valence-electron chi connectivity index (χ3n) is 2.98. The number of ether oxygens (including phenoxy) is 1. The maximum atomic E-state index is 10.4. The van der Waals surface area contributed by atoms with Crippen LogP contribution >= 0.6 is 0 Å². The highest BCUT2D eigenvalue weighted by molar-refractivity contribution is 5.32. The summed E-state index contributed by atoms with van der Waals surface area (Å²) in [5.41, 5.74) is 0.800. The summed E-state index contributed by atoms with van der Waals surface area (Å²) in [5, 5.41) is 10.4. The van der Waals surface area contributed by atoms with Gasteiger partial charge in [0.15, 0.2) is 0 Å². The van der Waals surface area contributed by atoms with Crippen molar-refractivity contribution >= 4 is 0 Å². The molecule has 0 saturated heterocycles. The largest absolute Gasteiger partial charge is 0.494 e. The van der Waals surface area contributed by atoms with E-state index in [0.717, 1.165) is 24.3 Å². The minimum absolute atomic E-state index is 0.662. The van der Waals surface area contributed by atoms with Crippen LogP contribution in [0.2, 0.25) is 0 Å². The van der Waals surface area contributed by atoms with Crippen LogP contribution in [0, 0.1) is 0 Å². The zero-order valence-electron chi connectivity index (χ0n) is 11.4. The predicted molar refractivity (Wildman–Crippen MR) is 74.2 cm³/mol. The van der Waals surface area contributed by atoms with Crippen LogP contribution in [0.25, 0.3) is 0 Å². The number of rotatable bonds is 6. The molecule has 4 nitrogen and oxygen atoms in total. The van der Waals surface area contributed by atoms with Gasteiger partial charge in [0.25, 0.3) is 0 Å². The molecule has 4 heteroatoms. The summed E-state index contributed by atoms with van der Waals surface area (Å²) in [4.78, 5) is 4.23. The molecule has 0 saturated carbocycles. The SMILES string of the molecule is CCCOc1cccc(C(O)c2nccn2CC)c1. The van der Waals surface area contributed by atoms with Gasteiger partial charge in [-0.15, -0.1) is 0 Å². The first-order valence-electron chi connectivity index (χ1n) is 6.68. The highest BCUT2D eigenvalue weighted by Crippen LogP contribution is 2.24. The van der Waals surface area contributed by atoms with Gasteiger partial charge in [0.05, 0.1) is 6.61 Å². The smallest absolute Gasteiger partial charge is 0.142 e. The van der Waals surface area contributed by atoms with Crippen LogP contribution in [0.3, 0.4) is 0 Å². The van der Waals surface area contributed by atoms with Gasteiger partial charge < -0.3 is 14.4 Å². The van der Waals surface area contributed by atoms with E-state index in [4.69, 9.17) is 4.74 Å². The molecule has 0 spiro atoms.